The minimum absolute atomic E-state index is 0.195. The van der Waals surface area contributed by atoms with Gasteiger partial charge in [-0.25, -0.2) is 4.39 Å². The molecule has 0 spiro atoms. The average Bonchev–Trinajstić information content (AvgIpc) is 3.12. The topological polar surface area (TPSA) is 122 Å². The van der Waals surface area contributed by atoms with E-state index in [4.69, 9.17) is 14.2 Å². The molecule has 48 heavy (non-hydrogen) atoms. The van der Waals surface area contributed by atoms with Crippen molar-refractivity contribution in [3.8, 4) is 11.5 Å². The van der Waals surface area contributed by atoms with Gasteiger partial charge in [0.25, 0.3) is 0 Å². The van der Waals surface area contributed by atoms with Crippen molar-refractivity contribution in [3.05, 3.63) is 76.4 Å². The summed E-state index contributed by atoms with van der Waals surface area (Å²) in [4.78, 5) is 35.8. The number of amides is 2. The highest BCUT2D eigenvalue weighted by molar-refractivity contribution is 9.10. The van der Waals surface area contributed by atoms with Gasteiger partial charge in [-0.2, -0.15) is 5.10 Å². The highest BCUT2D eigenvalue weighted by Gasteiger charge is 2.28. The van der Waals surface area contributed by atoms with Crippen LogP contribution in [0.5, 0.6) is 11.5 Å². The van der Waals surface area contributed by atoms with Crippen LogP contribution in [0.15, 0.2) is 59.3 Å². The summed E-state index contributed by atoms with van der Waals surface area (Å²) < 4.78 is 31.3. The van der Waals surface area contributed by atoms with Crippen molar-refractivity contribution in [3.63, 3.8) is 0 Å². The smallest absolute Gasteiger partial charge is 0.313 e. The summed E-state index contributed by atoms with van der Waals surface area (Å²) in [5, 5.41) is 13.6. The number of anilines is 2. The van der Waals surface area contributed by atoms with Crippen molar-refractivity contribution in [2.75, 3.05) is 83.0 Å². The quantitative estimate of drug-likeness (QED) is 0.191. The first-order valence-electron chi connectivity index (χ1n) is 15.9. The minimum Gasteiger partial charge on any atom is -0.493 e. The number of ether oxygens (including phenoxy) is 3. The fourth-order valence-corrected chi connectivity index (χ4v) is 6.23. The zero-order chi connectivity index (χ0) is 33.5. The van der Waals surface area contributed by atoms with E-state index in [1.807, 2.05) is 24.3 Å². The Hall–Kier alpha value is -4.40. The average molecular weight is 723 g/mol. The van der Waals surface area contributed by atoms with E-state index in [9.17, 15) is 14.0 Å². The number of fused-ring (bicyclic) bond motifs is 1. The number of carbonyl (C=O) groups excluding carboxylic acids is 2. The second kappa shape index (κ2) is 15.7. The maximum absolute atomic E-state index is 13.6. The lowest BCUT2D eigenvalue weighted by Gasteiger charge is -2.35. The number of morpholine rings is 1. The third-order valence-corrected chi connectivity index (χ3v) is 9.07. The van der Waals surface area contributed by atoms with E-state index in [1.54, 1.807) is 19.5 Å². The van der Waals surface area contributed by atoms with Crippen LogP contribution in [0.4, 0.5) is 15.9 Å². The van der Waals surface area contributed by atoms with Gasteiger partial charge in [0.15, 0.2) is 17.3 Å². The number of nitrogens with one attached hydrogen (secondary N) is 1. The Kier molecular flexibility index (Phi) is 10.9. The Balaban J connectivity index is 1.20. The van der Waals surface area contributed by atoms with Gasteiger partial charge < -0.3 is 29.3 Å². The van der Waals surface area contributed by atoms with Crippen LogP contribution in [0.1, 0.15) is 17.7 Å². The van der Waals surface area contributed by atoms with Crippen molar-refractivity contribution < 1.29 is 28.2 Å². The van der Waals surface area contributed by atoms with Crippen LogP contribution in [0, 0.1) is 5.82 Å². The van der Waals surface area contributed by atoms with Crippen molar-refractivity contribution >= 4 is 50.0 Å². The molecule has 2 aromatic heterocycles. The molecule has 2 aliphatic heterocycles. The van der Waals surface area contributed by atoms with Crippen molar-refractivity contribution in [1.82, 2.24) is 25.0 Å². The summed E-state index contributed by atoms with van der Waals surface area (Å²) in [5.41, 5.74) is 2.16. The van der Waals surface area contributed by atoms with E-state index in [1.165, 1.54) is 23.1 Å². The molecule has 2 aromatic carbocycles. The molecule has 0 unspecified atom stereocenters. The maximum atomic E-state index is 13.6. The molecule has 6 rings (SSSR count). The minimum atomic E-state index is -0.782. The third kappa shape index (κ3) is 8.00. The SMILES string of the molecule is COc1cc2c(Cc3ccncc3)nnc(N3CCN(C(=O)C(=O)Nc4ccc(F)c(Br)c4)CC3)c2cc1OCCCN1CCOCC1. The van der Waals surface area contributed by atoms with Crippen LogP contribution in [0.2, 0.25) is 0 Å². The third-order valence-electron chi connectivity index (χ3n) is 8.46. The van der Waals surface area contributed by atoms with E-state index < -0.39 is 17.6 Å². The summed E-state index contributed by atoms with van der Waals surface area (Å²) in [5.74, 6) is -0.00629. The van der Waals surface area contributed by atoms with E-state index in [0.29, 0.717) is 62.2 Å². The van der Waals surface area contributed by atoms with E-state index in [-0.39, 0.29) is 4.47 Å². The number of aromatic nitrogens is 3. The second-order valence-corrected chi connectivity index (χ2v) is 12.4. The van der Waals surface area contributed by atoms with Gasteiger partial charge in [0.2, 0.25) is 0 Å². The number of carbonyl (C=O) groups is 2. The Bertz CT molecular complexity index is 1750. The maximum Gasteiger partial charge on any atom is 0.313 e. The highest BCUT2D eigenvalue weighted by atomic mass is 79.9. The lowest BCUT2D eigenvalue weighted by atomic mass is 10.0. The number of pyridine rings is 1. The number of piperazine rings is 1. The van der Waals surface area contributed by atoms with Gasteiger partial charge in [0, 0.05) is 81.1 Å². The fourth-order valence-electron chi connectivity index (χ4n) is 5.85. The largest absolute Gasteiger partial charge is 0.493 e. The molecule has 2 amide bonds. The molecular weight excluding hydrogens is 685 g/mol. The molecule has 0 radical (unpaired) electrons. The molecule has 4 aromatic rings. The van der Waals surface area contributed by atoms with Gasteiger partial charge in [0.05, 0.1) is 37.1 Å². The van der Waals surface area contributed by atoms with Crippen molar-refractivity contribution in [2.45, 2.75) is 12.8 Å². The van der Waals surface area contributed by atoms with Crippen LogP contribution in [-0.2, 0) is 20.7 Å². The van der Waals surface area contributed by atoms with Gasteiger partial charge in [-0.3, -0.25) is 19.5 Å². The Morgan fingerprint density at radius 1 is 0.958 bits per heavy atom. The monoisotopic (exact) mass is 721 g/mol. The molecule has 12 nitrogen and oxygen atoms in total. The number of nitrogens with zero attached hydrogens (tertiary/aromatic N) is 6. The lowest BCUT2D eigenvalue weighted by molar-refractivity contribution is -0.143. The Morgan fingerprint density at radius 2 is 1.71 bits per heavy atom. The van der Waals surface area contributed by atoms with Crippen LogP contribution < -0.4 is 19.7 Å². The number of halogens is 2. The van der Waals surface area contributed by atoms with Crippen LogP contribution in [-0.4, -0.2) is 110 Å². The van der Waals surface area contributed by atoms with Crippen LogP contribution >= 0.6 is 15.9 Å². The van der Waals surface area contributed by atoms with Gasteiger partial charge in [-0.1, -0.05) is 0 Å². The van der Waals surface area contributed by atoms with E-state index in [2.05, 4.69) is 46.2 Å². The summed E-state index contributed by atoms with van der Waals surface area (Å²) >= 11 is 3.10. The van der Waals surface area contributed by atoms with Crippen LogP contribution in [0.25, 0.3) is 10.8 Å². The summed E-state index contributed by atoms with van der Waals surface area (Å²) in [6, 6.07) is 11.9. The first-order valence-corrected chi connectivity index (χ1v) is 16.7. The van der Waals surface area contributed by atoms with Gasteiger partial charge >= 0.3 is 11.8 Å². The normalized spacial score (nSPS) is 15.4. The molecule has 0 saturated carbocycles. The second-order valence-electron chi connectivity index (χ2n) is 11.6. The van der Waals surface area contributed by atoms with Gasteiger partial charge in [0.1, 0.15) is 5.82 Å². The summed E-state index contributed by atoms with van der Waals surface area (Å²) in [6.07, 6.45) is 4.92. The predicted molar refractivity (Wildman–Crippen MR) is 182 cm³/mol. The standard InChI is InChI=1S/C34H37BrFN7O5/c1-46-30-21-25-26(22-31(30)48-16-2-9-41-14-17-47-18-15-41)32(40-39-29(25)19-23-5-7-37-8-6-23)42-10-12-43(13-11-42)34(45)33(44)38-24-3-4-28(36)27(35)20-24/h3-8,20-22H,2,9-19H2,1H3,(H,38,44). The molecule has 0 atom stereocenters. The zero-order valence-corrected chi connectivity index (χ0v) is 28.2. The molecule has 4 heterocycles. The van der Waals surface area contributed by atoms with Gasteiger partial charge in [-0.05, 0) is 70.4 Å². The fraction of sp³-hybridized carbons (Fsp3) is 0.382. The number of rotatable bonds is 10. The Labute approximate surface area is 286 Å². The number of benzene rings is 2. The Morgan fingerprint density at radius 3 is 2.44 bits per heavy atom. The molecule has 14 heteroatoms. The predicted octanol–water partition coefficient (Wildman–Crippen LogP) is 3.91. The molecule has 252 valence electrons. The first-order chi connectivity index (χ1) is 23.4. The van der Waals surface area contributed by atoms with Crippen molar-refractivity contribution in [1.29, 1.82) is 0 Å². The van der Waals surface area contributed by atoms with E-state index >= 15 is 0 Å². The molecule has 2 fully saturated rings. The molecule has 1 N–H and O–H groups in total. The lowest BCUT2D eigenvalue weighted by Crippen LogP contribution is -2.51. The molecule has 2 saturated heterocycles. The summed E-state index contributed by atoms with van der Waals surface area (Å²) in [7, 11) is 1.63. The highest BCUT2D eigenvalue weighted by Crippen LogP contribution is 2.38. The molecule has 0 bridgehead atoms. The zero-order valence-electron chi connectivity index (χ0n) is 26.7. The van der Waals surface area contributed by atoms with Gasteiger partial charge in [-0.15, -0.1) is 5.10 Å². The summed E-state index contributed by atoms with van der Waals surface area (Å²) in [6.45, 7) is 6.32. The first kappa shape index (κ1) is 33.5. The number of hydrogen-bond donors (Lipinski definition) is 1. The van der Waals surface area contributed by atoms with Crippen LogP contribution in [0.3, 0.4) is 0 Å². The van der Waals surface area contributed by atoms with E-state index in [0.717, 1.165) is 61.3 Å². The van der Waals surface area contributed by atoms with Crippen molar-refractivity contribution in [2.24, 2.45) is 0 Å². The number of hydrogen-bond acceptors (Lipinski definition) is 10. The molecule has 0 aliphatic carbocycles. The number of methoxy groups -OCH3 is 1. The molecular formula is C34H37BrFN7O5. The molecule has 2 aliphatic rings.